The van der Waals surface area contributed by atoms with Gasteiger partial charge in [-0.15, -0.1) is 0 Å². The molecule has 1 aromatic rings. The van der Waals surface area contributed by atoms with Crippen LogP contribution in [0, 0.1) is 5.92 Å². The predicted octanol–water partition coefficient (Wildman–Crippen LogP) is 2.82. The molecule has 2 rings (SSSR count). The summed E-state index contributed by atoms with van der Waals surface area (Å²) in [5.41, 5.74) is 5.46. The van der Waals surface area contributed by atoms with Crippen LogP contribution in [0.25, 0.3) is 0 Å². The Hall–Kier alpha value is -1.66. The van der Waals surface area contributed by atoms with Crippen LogP contribution in [0.2, 0.25) is 5.02 Å². The largest absolute Gasteiger partial charge is 0.343 e. The van der Waals surface area contributed by atoms with Crippen molar-refractivity contribution in [2.24, 2.45) is 11.7 Å². The first-order valence-corrected chi connectivity index (χ1v) is 9.38. The molecule has 0 spiro atoms. The van der Waals surface area contributed by atoms with Gasteiger partial charge in [-0.25, -0.2) is 4.98 Å². The molecule has 6 nitrogen and oxygen atoms in total. The predicted molar refractivity (Wildman–Crippen MR) is 99.3 cm³/mol. The second kappa shape index (κ2) is 10.4. The molecule has 0 aromatic carbocycles. The van der Waals surface area contributed by atoms with Crippen LogP contribution in [0.1, 0.15) is 44.9 Å². The van der Waals surface area contributed by atoms with Crippen LogP contribution < -0.4 is 11.1 Å². The van der Waals surface area contributed by atoms with E-state index in [1.807, 2.05) is 4.90 Å². The number of pyridine rings is 1. The molecule has 0 unspecified atom stereocenters. The van der Waals surface area contributed by atoms with E-state index in [2.05, 4.69) is 10.3 Å². The average Bonchev–Trinajstić information content (AvgIpc) is 2.63. The summed E-state index contributed by atoms with van der Waals surface area (Å²) in [6, 6.07) is 3.38. The monoisotopic (exact) mass is 366 g/mol. The molecule has 7 heteroatoms. The smallest absolute Gasteiger partial charge is 0.228 e. The highest BCUT2D eigenvalue weighted by Gasteiger charge is 2.27. The van der Waals surface area contributed by atoms with Crippen LogP contribution in [0.5, 0.6) is 0 Å². The number of anilines is 1. The van der Waals surface area contributed by atoms with Crippen LogP contribution in [0.15, 0.2) is 18.3 Å². The zero-order valence-electron chi connectivity index (χ0n) is 14.5. The molecule has 1 aliphatic rings. The molecule has 0 aliphatic carbocycles. The number of nitrogens with one attached hydrogen (secondary N) is 1. The van der Waals surface area contributed by atoms with Gasteiger partial charge in [0.05, 0.1) is 5.02 Å². The number of rotatable bonds is 8. The van der Waals surface area contributed by atoms with Crippen molar-refractivity contribution in [3.8, 4) is 0 Å². The van der Waals surface area contributed by atoms with Crippen LogP contribution in [0.4, 0.5) is 5.82 Å². The van der Waals surface area contributed by atoms with E-state index in [4.69, 9.17) is 17.3 Å². The Morgan fingerprint density at radius 2 is 1.92 bits per heavy atom. The van der Waals surface area contributed by atoms with Crippen molar-refractivity contribution in [2.75, 3.05) is 25.0 Å². The lowest BCUT2D eigenvalue weighted by atomic mass is 9.95. The number of nitrogens with zero attached hydrogens (tertiary/aromatic N) is 2. The minimum Gasteiger partial charge on any atom is -0.343 e. The van der Waals surface area contributed by atoms with E-state index in [9.17, 15) is 9.59 Å². The molecule has 2 heterocycles. The van der Waals surface area contributed by atoms with Gasteiger partial charge in [0, 0.05) is 31.6 Å². The van der Waals surface area contributed by atoms with Gasteiger partial charge in [0.1, 0.15) is 5.82 Å². The number of aromatic nitrogens is 1. The van der Waals surface area contributed by atoms with Gasteiger partial charge in [0.15, 0.2) is 0 Å². The second-order valence-corrected chi connectivity index (χ2v) is 6.90. The molecular formula is C18H27ClN4O2. The molecule has 0 saturated carbocycles. The first-order chi connectivity index (χ1) is 12.1. The van der Waals surface area contributed by atoms with Gasteiger partial charge in [-0.1, -0.05) is 24.4 Å². The number of unbranched alkanes of at least 4 members (excludes halogenated alkanes) is 3. The molecule has 1 saturated heterocycles. The quantitative estimate of drug-likeness (QED) is 0.692. The minimum atomic E-state index is -0.0777. The number of hydrogen-bond donors (Lipinski definition) is 2. The van der Waals surface area contributed by atoms with Gasteiger partial charge in [-0.3, -0.25) is 9.59 Å². The molecule has 138 valence electrons. The lowest BCUT2D eigenvalue weighted by Crippen LogP contribution is -2.41. The van der Waals surface area contributed by atoms with Gasteiger partial charge >= 0.3 is 0 Å². The molecule has 25 heavy (non-hydrogen) atoms. The number of carbonyl (C=O) groups is 2. The summed E-state index contributed by atoms with van der Waals surface area (Å²) in [5, 5.41) is 3.35. The van der Waals surface area contributed by atoms with E-state index < -0.39 is 0 Å². The second-order valence-electron chi connectivity index (χ2n) is 6.46. The van der Waals surface area contributed by atoms with E-state index in [0.717, 1.165) is 32.2 Å². The fourth-order valence-electron chi connectivity index (χ4n) is 3.00. The van der Waals surface area contributed by atoms with Gasteiger partial charge in [-0.2, -0.15) is 0 Å². The summed E-state index contributed by atoms with van der Waals surface area (Å²) in [6.07, 6.45) is 7.57. The van der Waals surface area contributed by atoms with E-state index in [1.54, 1.807) is 12.1 Å². The molecule has 3 N–H and O–H groups in total. The van der Waals surface area contributed by atoms with Gasteiger partial charge < -0.3 is 16.0 Å². The third-order valence-electron chi connectivity index (χ3n) is 4.54. The molecule has 1 fully saturated rings. The maximum Gasteiger partial charge on any atom is 0.228 e. The van der Waals surface area contributed by atoms with Crippen molar-refractivity contribution < 1.29 is 9.59 Å². The zero-order chi connectivity index (χ0) is 18.1. The Morgan fingerprint density at radius 3 is 2.56 bits per heavy atom. The van der Waals surface area contributed by atoms with Crippen molar-refractivity contribution in [3.05, 3.63) is 23.4 Å². The fraction of sp³-hybridized carbons (Fsp3) is 0.611. The average molecular weight is 367 g/mol. The summed E-state index contributed by atoms with van der Waals surface area (Å²) >= 11 is 5.79. The van der Waals surface area contributed by atoms with E-state index in [1.165, 1.54) is 6.20 Å². The SMILES string of the molecule is NCCCCCCC(=O)N1CCC(C(=O)Nc2ccc(Cl)cn2)CC1. The third-order valence-corrected chi connectivity index (χ3v) is 4.77. The number of nitrogens with two attached hydrogens (primary N) is 1. The van der Waals surface area contributed by atoms with E-state index in [0.29, 0.717) is 43.2 Å². The number of hydrogen-bond acceptors (Lipinski definition) is 4. The van der Waals surface area contributed by atoms with E-state index in [-0.39, 0.29) is 17.7 Å². The summed E-state index contributed by atoms with van der Waals surface area (Å²) in [6.45, 7) is 2.01. The lowest BCUT2D eigenvalue weighted by Gasteiger charge is -2.31. The first-order valence-electron chi connectivity index (χ1n) is 9.00. The Kier molecular flexibility index (Phi) is 8.15. The number of halogens is 1. The molecule has 0 atom stereocenters. The highest BCUT2D eigenvalue weighted by molar-refractivity contribution is 6.30. The third kappa shape index (κ3) is 6.63. The van der Waals surface area contributed by atoms with Gasteiger partial charge in [0.2, 0.25) is 11.8 Å². The molecule has 0 bridgehead atoms. The van der Waals surface area contributed by atoms with Gasteiger partial charge in [0.25, 0.3) is 0 Å². The minimum absolute atomic E-state index is 0.0382. The van der Waals surface area contributed by atoms with Gasteiger partial charge in [-0.05, 0) is 44.4 Å². The summed E-state index contributed by atoms with van der Waals surface area (Å²) in [4.78, 5) is 30.5. The Bertz CT molecular complexity index is 557. The van der Waals surface area contributed by atoms with Crippen molar-refractivity contribution in [1.29, 1.82) is 0 Å². The van der Waals surface area contributed by atoms with Crippen molar-refractivity contribution in [2.45, 2.75) is 44.9 Å². The van der Waals surface area contributed by atoms with E-state index >= 15 is 0 Å². The van der Waals surface area contributed by atoms with Crippen LogP contribution in [-0.2, 0) is 9.59 Å². The topological polar surface area (TPSA) is 88.3 Å². The standard InChI is InChI=1S/C18H27ClN4O2/c19-15-6-7-16(21-13-15)22-18(25)14-8-11-23(12-9-14)17(24)5-3-1-2-4-10-20/h6-7,13-14H,1-5,8-12,20H2,(H,21,22,25). The molecule has 1 aliphatic heterocycles. The maximum atomic E-state index is 12.3. The Labute approximate surface area is 154 Å². The molecular weight excluding hydrogens is 340 g/mol. The number of piperidine rings is 1. The fourth-order valence-corrected chi connectivity index (χ4v) is 3.11. The lowest BCUT2D eigenvalue weighted by molar-refractivity contribution is -0.134. The number of carbonyl (C=O) groups excluding carboxylic acids is 2. The van der Waals surface area contributed by atoms with Crippen molar-refractivity contribution >= 4 is 29.2 Å². The molecule has 1 aromatic heterocycles. The summed E-state index contributed by atoms with van der Waals surface area (Å²) < 4.78 is 0. The Morgan fingerprint density at radius 1 is 1.20 bits per heavy atom. The number of likely N-dealkylation sites (tertiary alicyclic amines) is 1. The Balaban J connectivity index is 1.68. The summed E-state index contributed by atoms with van der Waals surface area (Å²) in [5.74, 6) is 0.589. The first kappa shape index (κ1) is 19.7. The highest BCUT2D eigenvalue weighted by atomic mass is 35.5. The highest BCUT2D eigenvalue weighted by Crippen LogP contribution is 2.20. The number of amides is 2. The van der Waals surface area contributed by atoms with Crippen LogP contribution >= 0.6 is 11.6 Å². The molecule has 0 radical (unpaired) electrons. The van der Waals surface area contributed by atoms with Crippen LogP contribution in [-0.4, -0.2) is 41.3 Å². The van der Waals surface area contributed by atoms with Crippen LogP contribution in [0.3, 0.4) is 0 Å². The van der Waals surface area contributed by atoms with Crippen molar-refractivity contribution in [1.82, 2.24) is 9.88 Å². The molecule has 2 amide bonds. The van der Waals surface area contributed by atoms with Crippen molar-refractivity contribution in [3.63, 3.8) is 0 Å². The summed E-state index contributed by atoms with van der Waals surface area (Å²) in [7, 11) is 0. The normalized spacial score (nSPS) is 15.2. The zero-order valence-corrected chi connectivity index (χ0v) is 15.3. The maximum absolute atomic E-state index is 12.3.